The zero-order valence-corrected chi connectivity index (χ0v) is 7.54. The molecule has 0 atom stereocenters. The van der Waals surface area contributed by atoms with Crippen LogP contribution in [0.3, 0.4) is 0 Å². The Morgan fingerprint density at radius 3 is 2.45 bits per heavy atom. The van der Waals surface area contributed by atoms with Gasteiger partial charge in [-0.05, 0) is 25.9 Å². The Bertz CT molecular complexity index is 124. The third kappa shape index (κ3) is 3.08. The highest BCUT2D eigenvalue weighted by atomic mass is 35.5. The normalized spacial score (nSPS) is 18.6. The molecule has 0 radical (unpaired) electrons. The van der Waals surface area contributed by atoms with E-state index in [1.54, 1.807) is 7.05 Å². The summed E-state index contributed by atoms with van der Waals surface area (Å²) in [6.07, 6.45) is 1.97. The van der Waals surface area contributed by atoms with Crippen LogP contribution < -0.4 is 10.6 Å². The van der Waals surface area contributed by atoms with Crippen LogP contribution in [-0.4, -0.2) is 26.0 Å². The van der Waals surface area contributed by atoms with Gasteiger partial charge in [0, 0.05) is 13.0 Å². The molecule has 0 bridgehead atoms. The van der Waals surface area contributed by atoms with Crippen LogP contribution in [0.2, 0.25) is 0 Å². The maximum atomic E-state index is 11.0. The van der Waals surface area contributed by atoms with Gasteiger partial charge in [-0.25, -0.2) is 0 Å². The summed E-state index contributed by atoms with van der Waals surface area (Å²) in [6, 6.07) is 0. The van der Waals surface area contributed by atoms with E-state index < -0.39 is 0 Å². The van der Waals surface area contributed by atoms with Gasteiger partial charge in [0.15, 0.2) is 0 Å². The van der Waals surface area contributed by atoms with Crippen LogP contribution in [0.1, 0.15) is 12.8 Å². The van der Waals surface area contributed by atoms with Gasteiger partial charge in [-0.2, -0.15) is 0 Å². The van der Waals surface area contributed by atoms with Gasteiger partial charge >= 0.3 is 0 Å². The Hall–Kier alpha value is -0.280. The van der Waals surface area contributed by atoms with Crippen LogP contribution in [0, 0.1) is 5.92 Å². The number of hydrogen-bond donors (Lipinski definition) is 2. The molecule has 0 aliphatic carbocycles. The fourth-order valence-electron chi connectivity index (χ4n) is 1.29. The number of amides is 1. The molecule has 1 saturated heterocycles. The Labute approximate surface area is 73.3 Å². The predicted octanol–water partition coefficient (Wildman–Crippen LogP) is 0.154. The van der Waals surface area contributed by atoms with E-state index in [4.69, 9.17) is 0 Å². The van der Waals surface area contributed by atoms with Crippen molar-refractivity contribution in [3.8, 4) is 0 Å². The number of nitrogens with one attached hydrogen (secondary N) is 2. The minimum absolute atomic E-state index is 0. The second-order valence-electron chi connectivity index (χ2n) is 2.64. The summed E-state index contributed by atoms with van der Waals surface area (Å²) in [5.74, 6) is 0.452. The molecule has 0 aromatic rings. The maximum Gasteiger partial charge on any atom is 0.222 e. The first-order valence-electron chi connectivity index (χ1n) is 3.77. The Morgan fingerprint density at radius 1 is 1.45 bits per heavy atom. The maximum absolute atomic E-state index is 11.0. The molecule has 1 aliphatic heterocycles. The molecule has 1 heterocycles. The SMILES string of the molecule is CNC(=O)C1CCNCC1.Cl. The topological polar surface area (TPSA) is 41.1 Å². The number of rotatable bonds is 1. The molecule has 0 aromatic heterocycles. The molecule has 0 unspecified atom stereocenters. The lowest BCUT2D eigenvalue weighted by molar-refractivity contribution is -0.125. The van der Waals surface area contributed by atoms with Gasteiger partial charge in [-0.1, -0.05) is 0 Å². The van der Waals surface area contributed by atoms with Crippen molar-refractivity contribution in [2.24, 2.45) is 5.92 Å². The van der Waals surface area contributed by atoms with Crippen LogP contribution in [0.5, 0.6) is 0 Å². The number of halogens is 1. The molecular formula is C7H15ClN2O. The van der Waals surface area contributed by atoms with E-state index in [1.165, 1.54) is 0 Å². The highest BCUT2D eigenvalue weighted by molar-refractivity contribution is 5.85. The van der Waals surface area contributed by atoms with Crippen molar-refractivity contribution in [2.75, 3.05) is 20.1 Å². The molecule has 1 rings (SSSR count). The lowest BCUT2D eigenvalue weighted by Crippen LogP contribution is -2.36. The van der Waals surface area contributed by atoms with Crippen molar-refractivity contribution in [3.05, 3.63) is 0 Å². The smallest absolute Gasteiger partial charge is 0.222 e. The largest absolute Gasteiger partial charge is 0.359 e. The standard InChI is InChI=1S/C7H14N2O.ClH/c1-8-7(10)6-2-4-9-5-3-6;/h6,9H,2-5H2,1H3,(H,8,10);1H. The zero-order chi connectivity index (χ0) is 7.40. The Morgan fingerprint density at radius 2 is 2.00 bits per heavy atom. The lowest BCUT2D eigenvalue weighted by Gasteiger charge is -2.20. The molecule has 4 heteroatoms. The molecule has 0 aromatic carbocycles. The summed E-state index contributed by atoms with van der Waals surface area (Å²) in [7, 11) is 1.70. The van der Waals surface area contributed by atoms with Crippen LogP contribution in [-0.2, 0) is 4.79 Å². The third-order valence-corrected chi connectivity index (χ3v) is 1.96. The summed E-state index contributed by atoms with van der Waals surface area (Å²) < 4.78 is 0. The number of carbonyl (C=O) groups is 1. The van der Waals surface area contributed by atoms with Gasteiger partial charge in [0.25, 0.3) is 0 Å². The molecule has 66 valence electrons. The summed E-state index contributed by atoms with van der Waals surface area (Å²) >= 11 is 0. The fraction of sp³-hybridized carbons (Fsp3) is 0.857. The number of carbonyl (C=O) groups excluding carboxylic acids is 1. The highest BCUT2D eigenvalue weighted by Crippen LogP contribution is 2.10. The molecule has 3 nitrogen and oxygen atoms in total. The van der Waals surface area contributed by atoms with Crippen molar-refractivity contribution in [2.45, 2.75) is 12.8 Å². The summed E-state index contributed by atoms with van der Waals surface area (Å²) in [5, 5.41) is 5.88. The van der Waals surface area contributed by atoms with E-state index in [1.807, 2.05) is 0 Å². The Balaban J connectivity index is 0.000001000. The van der Waals surface area contributed by atoms with Crippen molar-refractivity contribution < 1.29 is 4.79 Å². The molecule has 1 aliphatic rings. The molecule has 1 amide bonds. The molecule has 1 fully saturated rings. The monoisotopic (exact) mass is 178 g/mol. The predicted molar refractivity (Wildman–Crippen MR) is 46.9 cm³/mol. The van der Waals surface area contributed by atoms with E-state index in [9.17, 15) is 4.79 Å². The third-order valence-electron chi connectivity index (χ3n) is 1.96. The van der Waals surface area contributed by atoms with Crippen molar-refractivity contribution >= 4 is 18.3 Å². The van der Waals surface area contributed by atoms with Gasteiger partial charge in [0.2, 0.25) is 5.91 Å². The van der Waals surface area contributed by atoms with Crippen molar-refractivity contribution in [3.63, 3.8) is 0 Å². The van der Waals surface area contributed by atoms with Crippen LogP contribution in [0.15, 0.2) is 0 Å². The molecule has 11 heavy (non-hydrogen) atoms. The minimum Gasteiger partial charge on any atom is -0.359 e. The van der Waals surface area contributed by atoms with Crippen LogP contribution >= 0.6 is 12.4 Å². The second kappa shape index (κ2) is 5.38. The van der Waals surface area contributed by atoms with E-state index >= 15 is 0 Å². The van der Waals surface area contributed by atoms with E-state index in [0.29, 0.717) is 0 Å². The van der Waals surface area contributed by atoms with Gasteiger partial charge in [0.05, 0.1) is 0 Å². The molecule has 0 spiro atoms. The molecule has 0 saturated carbocycles. The van der Waals surface area contributed by atoms with Crippen molar-refractivity contribution in [1.82, 2.24) is 10.6 Å². The van der Waals surface area contributed by atoms with E-state index in [0.717, 1.165) is 25.9 Å². The quantitative estimate of drug-likeness (QED) is 0.601. The average Bonchev–Trinajstić information content (AvgIpc) is 2.05. The highest BCUT2D eigenvalue weighted by Gasteiger charge is 2.18. The lowest BCUT2D eigenvalue weighted by atomic mass is 9.97. The van der Waals surface area contributed by atoms with E-state index in [-0.39, 0.29) is 24.2 Å². The van der Waals surface area contributed by atoms with Gasteiger partial charge in [0.1, 0.15) is 0 Å². The van der Waals surface area contributed by atoms with Gasteiger partial charge in [-0.15, -0.1) is 12.4 Å². The Kier molecular flexibility index (Phi) is 5.24. The summed E-state index contributed by atoms with van der Waals surface area (Å²) in [4.78, 5) is 11.0. The molecule has 2 N–H and O–H groups in total. The van der Waals surface area contributed by atoms with Gasteiger partial charge in [-0.3, -0.25) is 4.79 Å². The first-order valence-corrected chi connectivity index (χ1v) is 3.77. The fourth-order valence-corrected chi connectivity index (χ4v) is 1.29. The second-order valence-corrected chi connectivity index (χ2v) is 2.64. The van der Waals surface area contributed by atoms with Crippen molar-refractivity contribution in [1.29, 1.82) is 0 Å². The first-order chi connectivity index (χ1) is 4.84. The van der Waals surface area contributed by atoms with Crippen LogP contribution in [0.4, 0.5) is 0 Å². The average molecular weight is 179 g/mol. The van der Waals surface area contributed by atoms with E-state index in [2.05, 4.69) is 10.6 Å². The summed E-state index contributed by atoms with van der Waals surface area (Å²) in [5.41, 5.74) is 0. The summed E-state index contributed by atoms with van der Waals surface area (Å²) in [6.45, 7) is 1.97. The first kappa shape index (κ1) is 10.7. The number of hydrogen-bond acceptors (Lipinski definition) is 2. The van der Waals surface area contributed by atoms with Crippen LogP contribution in [0.25, 0.3) is 0 Å². The molecular weight excluding hydrogens is 164 g/mol. The van der Waals surface area contributed by atoms with Gasteiger partial charge < -0.3 is 10.6 Å². The zero-order valence-electron chi connectivity index (χ0n) is 6.72. The minimum atomic E-state index is 0. The number of piperidine rings is 1.